The van der Waals surface area contributed by atoms with E-state index in [1.807, 2.05) is 6.92 Å². The largest absolute Gasteiger partial charge is 0.477 e. The summed E-state index contributed by atoms with van der Waals surface area (Å²) in [6.45, 7) is 2.26. The van der Waals surface area contributed by atoms with E-state index in [1.165, 1.54) is 18.5 Å². The zero-order valence-corrected chi connectivity index (χ0v) is 12.4. The van der Waals surface area contributed by atoms with Crippen molar-refractivity contribution in [2.45, 2.75) is 13.1 Å². The molecule has 23 heavy (non-hydrogen) atoms. The van der Waals surface area contributed by atoms with Gasteiger partial charge in [0.25, 0.3) is 0 Å². The van der Waals surface area contributed by atoms with Crippen molar-refractivity contribution in [2.75, 3.05) is 6.61 Å². The summed E-state index contributed by atoms with van der Waals surface area (Å²) < 4.78 is 45.4. The van der Waals surface area contributed by atoms with E-state index in [0.717, 1.165) is 12.1 Å². The average molecular weight is 322 g/mol. The minimum Gasteiger partial charge on any atom is -0.477 e. The number of hydrogen-bond acceptors (Lipinski definition) is 4. The number of ether oxygens (including phenoxy) is 1. The number of alkyl halides is 3. The molecule has 0 atom stereocenters. The zero-order chi connectivity index (χ0) is 16.6. The van der Waals surface area contributed by atoms with Crippen molar-refractivity contribution >= 4 is 11.0 Å². The van der Waals surface area contributed by atoms with Crippen molar-refractivity contribution in [2.24, 2.45) is 7.05 Å². The van der Waals surface area contributed by atoms with Gasteiger partial charge in [0.05, 0.1) is 35.6 Å². The van der Waals surface area contributed by atoms with Crippen molar-refractivity contribution in [1.82, 2.24) is 19.5 Å². The summed E-state index contributed by atoms with van der Waals surface area (Å²) in [5, 5.41) is 0. The van der Waals surface area contributed by atoms with Crippen LogP contribution in [-0.4, -0.2) is 26.1 Å². The lowest BCUT2D eigenvalue weighted by molar-refractivity contribution is -0.137. The molecule has 5 nitrogen and oxygen atoms in total. The Labute approximate surface area is 129 Å². The highest BCUT2D eigenvalue weighted by atomic mass is 19.4. The molecule has 0 saturated carbocycles. The van der Waals surface area contributed by atoms with E-state index >= 15 is 0 Å². The molecule has 120 valence electrons. The number of rotatable bonds is 3. The fraction of sp³-hybridized carbons (Fsp3) is 0.267. The first kappa shape index (κ1) is 15.3. The number of fused-ring (bicyclic) bond motifs is 1. The Balaban J connectivity index is 2.11. The molecule has 0 aliphatic heterocycles. The Kier molecular flexibility index (Phi) is 3.67. The van der Waals surface area contributed by atoms with Crippen LogP contribution in [0.3, 0.4) is 0 Å². The third-order valence-corrected chi connectivity index (χ3v) is 3.34. The maximum atomic E-state index is 12.8. The van der Waals surface area contributed by atoms with Gasteiger partial charge in [0, 0.05) is 7.05 Å². The highest BCUT2D eigenvalue weighted by Crippen LogP contribution is 2.32. The molecule has 0 aliphatic rings. The Morgan fingerprint density at radius 3 is 2.65 bits per heavy atom. The quantitative estimate of drug-likeness (QED) is 0.741. The van der Waals surface area contributed by atoms with Crippen LogP contribution in [0, 0.1) is 0 Å². The monoisotopic (exact) mass is 322 g/mol. The van der Waals surface area contributed by atoms with Crippen LogP contribution in [-0.2, 0) is 13.2 Å². The van der Waals surface area contributed by atoms with Crippen LogP contribution in [0.15, 0.2) is 30.6 Å². The van der Waals surface area contributed by atoms with Gasteiger partial charge in [-0.25, -0.2) is 9.97 Å². The van der Waals surface area contributed by atoms with Crippen LogP contribution < -0.4 is 4.74 Å². The normalized spacial score (nSPS) is 11.9. The molecule has 0 aliphatic carbocycles. The van der Waals surface area contributed by atoms with Crippen LogP contribution >= 0.6 is 0 Å². The van der Waals surface area contributed by atoms with E-state index in [1.54, 1.807) is 11.6 Å². The van der Waals surface area contributed by atoms with Gasteiger partial charge in [-0.15, -0.1) is 0 Å². The first-order valence-electron chi connectivity index (χ1n) is 6.89. The third kappa shape index (κ3) is 2.84. The number of nitrogens with zero attached hydrogens (tertiary/aromatic N) is 4. The SMILES string of the molecule is CCOc1cncc(-c2nc3cc(C(F)(F)F)ccc3n2C)n1. The van der Waals surface area contributed by atoms with E-state index in [-0.39, 0.29) is 5.52 Å². The molecular formula is C15H13F3N4O. The predicted octanol–water partition coefficient (Wildman–Crippen LogP) is 3.45. The van der Waals surface area contributed by atoms with Crippen LogP contribution in [0.4, 0.5) is 13.2 Å². The number of benzene rings is 1. The Morgan fingerprint density at radius 2 is 1.96 bits per heavy atom. The molecule has 0 fully saturated rings. The predicted molar refractivity (Wildman–Crippen MR) is 77.9 cm³/mol. The van der Waals surface area contributed by atoms with E-state index in [4.69, 9.17) is 4.74 Å². The lowest BCUT2D eigenvalue weighted by Gasteiger charge is -2.06. The van der Waals surface area contributed by atoms with Gasteiger partial charge in [-0.05, 0) is 25.1 Å². The molecule has 3 aromatic rings. The summed E-state index contributed by atoms with van der Waals surface area (Å²) in [5.41, 5.74) is 0.532. The van der Waals surface area contributed by atoms with Crippen molar-refractivity contribution in [3.63, 3.8) is 0 Å². The molecule has 0 radical (unpaired) electrons. The second-order valence-electron chi connectivity index (χ2n) is 4.87. The molecule has 0 saturated heterocycles. The second kappa shape index (κ2) is 5.53. The Hall–Kier alpha value is -2.64. The molecule has 0 amide bonds. The van der Waals surface area contributed by atoms with Crippen molar-refractivity contribution < 1.29 is 17.9 Å². The number of hydrogen-bond donors (Lipinski definition) is 0. The zero-order valence-electron chi connectivity index (χ0n) is 12.4. The topological polar surface area (TPSA) is 52.8 Å². The van der Waals surface area contributed by atoms with Crippen molar-refractivity contribution in [3.05, 3.63) is 36.2 Å². The maximum Gasteiger partial charge on any atom is 0.416 e. The molecule has 2 heterocycles. The van der Waals surface area contributed by atoms with E-state index < -0.39 is 11.7 Å². The third-order valence-electron chi connectivity index (χ3n) is 3.34. The molecule has 2 aromatic heterocycles. The van der Waals surface area contributed by atoms with Gasteiger partial charge in [-0.1, -0.05) is 0 Å². The van der Waals surface area contributed by atoms with Gasteiger partial charge >= 0.3 is 6.18 Å². The van der Waals surface area contributed by atoms with Crippen molar-refractivity contribution in [1.29, 1.82) is 0 Å². The summed E-state index contributed by atoms with van der Waals surface area (Å²) in [4.78, 5) is 12.6. The van der Waals surface area contributed by atoms with Gasteiger partial charge in [0.1, 0.15) is 5.69 Å². The van der Waals surface area contributed by atoms with Gasteiger partial charge in [-0.3, -0.25) is 4.98 Å². The van der Waals surface area contributed by atoms with E-state index in [9.17, 15) is 13.2 Å². The Bertz CT molecular complexity index is 858. The molecular weight excluding hydrogens is 309 g/mol. The van der Waals surface area contributed by atoms with Crippen molar-refractivity contribution in [3.8, 4) is 17.4 Å². The van der Waals surface area contributed by atoms with Crippen LogP contribution in [0.1, 0.15) is 12.5 Å². The lowest BCUT2D eigenvalue weighted by atomic mass is 10.2. The highest BCUT2D eigenvalue weighted by Gasteiger charge is 2.31. The summed E-state index contributed by atoms with van der Waals surface area (Å²) in [6.07, 6.45) is -1.44. The first-order chi connectivity index (χ1) is 10.9. The molecule has 0 spiro atoms. The van der Waals surface area contributed by atoms with Crippen LogP contribution in [0.5, 0.6) is 5.88 Å². The standard InChI is InChI=1S/C15H13F3N4O/c1-3-23-13-8-19-7-11(20-13)14-21-10-6-9(15(16,17)18)4-5-12(10)22(14)2/h4-8H,3H2,1-2H3. The molecule has 1 aromatic carbocycles. The van der Waals surface area contributed by atoms with E-state index in [2.05, 4.69) is 15.0 Å². The van der Waals surface area contributed by atoms with Gasteiger partial charge < -0.3 is 9.30 Å². The smallest absolute Gasteiger partial charge is 0.416 e. The first-order valence-corrected chi connectivity index (χ1v) is 6.89. The number of aryl methyl sites for hydroxylation is 1. The van der Waals surface area contributed by atoms with Gasteiger partial charge in [0.15, 0.2) is 5.82 Å². The summed E-state index contributed by atoms with van der Waals surface area (Å²) in [6, 6.07) is 3.46. The highest BCUT2D eigenvalue weighted by molar-refractivity contribution is 5.80. The minimum atomic E-state index is -4.40. The summed E-state index contributed by atoms with van der Waals surface area (Å²) >= 11 is 0. The number of aromatic nitrogens is 4. The fourth-order valence-electron chi connectivity index (χ4n) is 2.28. The summed E-state index contributed by atoms with van der Waals surface area (Å²) in [7, 11) is 1.72. The fourth-order valence-corrected chi connectivity index (χ4v) is 2.28. The molecule has 3 rings (SSSR count). The van der Waals surface area contributed by atoms with Gasteiger partial charge in [-0.2, -0.15) is 13.2 Å². The lowest BCUT2D eigenvalue weighted by Crippen LogP contribution is -2.04. The molecule has 0 bridgehead atoms. The van der Waals surface area contributed by atoms with Crippen LogP contribution in [0.25, 0.3) is 22.6 Å². The average Bonchev–Trinajstić information content (AvgIpc) is 2.84. The van der Waals surface area contributed by atoms with Crippen LogP contribution in [0.2, 0.25) is 0 Å². The molecule has 0 unspecified atom stereocenters. The molecule has 0 N–H and O–H groups in total. The molecule has 8 heteroatoms. The summed E-state index contributed by atoms with van der Waals surface area (Å²) in [5.74, 6) is 0.765. The minimum absolute atomic E-state index is 0.251. The Morgan fingerprint density at radius 1 is 1.17 bits per heavy atom. The number of halogens is 3. The second-order valence-corrected chi connectivity index (χ2v) is 4.87. The van der Waals surface area contributed by atoms with E-state index in [0.29, 0.717) is 29.5 Å². The van der Waals surface area contributed by atoms with Gasteiger partial charge in [0.2, 0.25) is 5.88 Å². The number of imidazole rings is 1. The maximum absolute atomic E-state index is 12.8.